The highest BCUT2D eigenvalue weighted by molar-refractivity contribution is 6.00. The van der Waals surface area contributed by atoms with Crippen molar-refractivity contribution < 1.29 is 4.79 Å². The molecular formula is C18H20O. The van der Waals surface area contributed by atoms with Crippen LogP contribution in [0, 0.1) is 12.3 Å². The largest absolute Gasteiger partial charge is 0.294 e. The fourth-order valence-corrected chi connectivity index (χ4v) is 1.99. The van der Waals surface area contributed by atoms with Crippen LogP contribution in [-0.4, -0.2) is 5.78 Å². The summed E-state index contributed by atoms with van der Waals surface area (Å²) < 4.78 is 0. The zero-order valence-electron chi connectivity index (χ0n) is 12.0. The third-order valence-electron chi connectivity index (χ3n) is 3.21. The maximum Gasteiger partial charge on any atom is 0.168 e. The first-order valence-electron chi connectivity index (χ1n) is 6.60. The van der Waals surface area contributed by atoms with Crippen LogP contribution in [0.2, 0.25) is 0 Å². The van der Waals surface area contributed by atoms with Gasteiger partial charge in [0.25, 0.3) is 0 Å². The molecular weight excluding hydrogens is 232 g/mol. The van der Waals surface area contributed by atoms with Gasteiger partial charge >= 0.3 is 0 Å². The van der Waals surface area contributed by atoms with Gasteiger partial charge in [-0.25, -0.2) is 0 Å². The summed E-state index contributed by atoms with van der Waals surface area (Å²) in [4.78, 5) is 12.2. The van der Waals surface area contributed by atoms with E-state index in [1.54, 1.807) is 0 Å². The van der Waals surface area contributed by atoms with Crippen LogP contribution in [0.3, 0.4) is 0 Å². The molecule has 0 spiro atoms. The number of Topliss-reactive ketones (excluding diaryl/α,β-unsaturated/α-hetero) is 1. The van der Waals surface area contributed by atoms with Gasteiger partial charge in [-0.2, -0.15) is 0 Å². The van der Waals surface area contributed by atoms with Crippen LogP contribution in [-0.2, 0) is 0 Å². The molecule has 0 amide bonds. The first kappa shape index (κ1) is 13.5. The number of carbonyl (C=O) groups excluding carboxylic acids is 1. The standard InChI is InChI=1S/C18H20O/c1-13-5-7-14(8-6-13)15-9-11-16(12-10-15)17(19)18(2,3)4/h5-12H,1-4H3. The predicted octanol–water partition coefficient (Wildman–Crippen LogP) is 4.89. The van der Waals surface area contributed by atoms with E-state index in [0.29, 0.717) is 0 Å². The monoisotopic (exact) mass is 252 g/mol. The second-order valence-electron chi connectivity index (χ2n) is 6.02. The van der Waals surface area contributed by atoms with Crippen LogP contribution in [0.1, 0.15) is 36.7 Å². The SMILES string of the molecule is Cc1ccc(-c2ccc(C(=O)C(C)(C)C)cc2)cc1. The first-order valence-corrected chi connectivity index (χ1v) is 6.60. The van der Waals surface area contributed by atoms with E-state index < -0.39 is 0 Å². The van der Waals surface area contributed by atoms with Gasteiger partial charge in [-0.1, -0.05) is 74.9 Å². The van der Waals surface area contributed by atoms with E-state index in [9.17, 15) is 4.79 Å². The third kappa shape index (κ3) is 3.11. The number of rotatable bonds is 2. The van der Waals surface area contributed by atoms with Crippen molar-refractivity contribution >= 4 is 5.78 Å². The molecule has 1 heteroatoms. The number of ketones is 1. The molecule has 0 atom stereocenters. The lowest BCUT2D eigenvalue weighted by molar-refractivity contribution is 0.0858. The molecule has 0 fully saturated rings. The van der Waals surface area contributed by atoms with E-state index in [0.717, 1.165) is 11.1 Å². The topological polar surface area (TPSA) is 17.1 Å². The molecule has 0 aromatic heterocycles. The number of carbonyl (C=O) groups is 1. The highest BCUT2D eigenvalue weighted by atomic mass is 16.1. The Kier molecular flexibility index (Phi) is 3.57. The minimum Gasteiger partial charge on any atom is -0.294 e. The molecule has 0 bridgehead atoms. The summed E-state index contributed by atoms with van der Waals surface area (Å²) in [6.07, 6.45) is 0. The minimum absolute atomic E-state index is 0.183. The van der Waals surface area contributed by atoms with Crippen molar-refractivity contribution in [2.45, 2.75) is 27.7 Å². The van der Waals surface area contributed by atoms with Crippen LogP contribution in [0.15, 0.2) is 48.5 Å². The Hall–Kier alpha value is -1.89. The van der Waals surface area contributed by atoms with Gasteiger partial charge in [-0.15, -0.1) is 0 Å². The van der Waals surface area contributed by atoms with E-state index >= 15 is 0 Å². The van der Waals surface area contributed by atoms with Crippen LogP contribution >= 0.6 is 0 Å². The molecule has 0 saturated carbocycles. The molecule has 2 aromatic carbocycles. The summed E-state index contributed by atoms with van der Waals surface area (Å²) in [6, 6.07) is 16.3. The van der Waals surface area contributed by atoms with Crippen molar-refractivity contribution in [3.8, 4) is 11.1 Å². The van der Waals surface area contributed by atoms with Gasteiger partial charge in [0, 0.05) is 11.0 Å². The average molecular weight is 252 g/mol. The van der Waals surface area contributed by atoms with Gasteiger partial charge in [0.15, 0.2) is 5.78 Å². The molecule has 0 unspecified atom stereocenters. The van der Waals surface area contributed by atoms with Crippen LogP contribution in [0.25, 0.3) is 11.1 Å². The zero-order chi connectivity index (χ0) is 14.0. The van der Waals surface area contributed by atoms with Gasteiger partial charge in [0.1, 0.15) is 0 Å². The van der Waals surface area contributed by atoms with Crippen molar-refractivity contribution in [2.24, 2.45) is 5.41 Å². The Morgan fingerprint density at radius 2 is 1.21 bits per heavy atom. The number of hydrogen-bond acceptors (Lipinski definition) is 1. The lowest BCUT2D eigenvalue weighted by atomic mass is 9.86. The maximum absolute atomic E-state index is 12.2. The van der Waals surface area contributed by atoms with Crippen LogP contribution in [0.4, 0.5) is 0 Å². The summed E-state index contributed by atoms with van der Waals surface area (Å²) in [7, 11) is 0. The molecule has 0 aliphatic carbocycles. The predicted molar refractivity (Wildman–Crippen MR) is 80.4 cm³/mol. The lowest BCUT2D eigenvalue weighted by Gasteiger charge is -2.16. The Balaban J connectivity index is 2.28. The molecule has 1 nitrogen and oxygen atoms in total. The zero-order valence-corrected chi connectivity index (χ0v) is 12.0. The summed E-state index contributed by atoms with van der Waals surface area (Å²) in [5.41, 5.74) is 4.03. The van der Waals surface area contributed by atoms with E-state index in [-0.39, 0.29) is 11.2 Å². The number of benzene rings is 2. The highest BCUT2D eigenvalue weighted by Gasteiger charge is 2.22. The summed E-state index contributed by atoms with van der Waals surface area (Å²) >= 11 is 0. The molecule has 0 aliphatic rings. The highest BCUT2D eigenvalue weighted by Crippen LogP contribution is 2.24. The van der Waals surface area contributed by atoms with E-state index in [2.05, 4.69) is 31.2 Å². The van der Waals surface area contributed by atoms with Crippen molar-refractivity contribution in [1.82, 2.24) is 0 Å². The molecule has 2 rings (SSSR count). The van der Waals surface area contributed by atoms with Crippen molar-refractivity contribution in [3.63, 3.8) is 0 Å². The quantitative estimate of drug-likeness (QED) is 0.695. The van der Waals surface area contributed by atoms with Crippen molar-refractivity contribution in [1.29, 1.82) is 0 Å². The molecule has 0 radical (unpaired) electrons. The Morgan fingerprint density at radius 1 is 0.789 bits per heavy atom. The third-order valence-corrected chi connectivity index (χ3v) is 3.21. The van der Waals surface area contributed by atoms with Crippen LogP contribution in [0.5, 0.6) is 0 Å². The molecule has 0 aliphatic heterocycles. The molecule has 2 aromatic rings. The molecule has 0 heterocycles. The fraction of sp³-hybridized carbons (Fsp3) is 0.278. The molecule has 0 N–H and O–H groups in total. The molecule has 0 saturated heterocycles. The Bertz CT molecular complexity index is 569. The Morgan fingerprint density at radius 3 is 1.63 bits per heavy atom. The second kappa shape index (κ2) is 5.00. The normalized spacial score (nSPS) is 11.4. The second-order valence-corrected chi connectivity index (χ2v) is 6.02. The maximum atomic E-state index is 12.2. The van der Waals surface area contributed by atoms with Crippen LogP contribution < -0.4 is 0 Å². The average Bonchev–Trinajstić information content (AvgIpc) is 2.38. The van der Waals surface area contributed by atoms with Gasteiger partial charge in [0.05, 0.1) is 0 Å². The Labute approximate surface area is 115 Å². The fourth-order valence-electron chi connectivity index (χ4n) is 1.99. The lowest BCUT2D eigenvalue weighted by Crippen LogP contribution is -2.19. The number of aryl methyl sites for hydroxylation is 1. The minimum atomic E-state index is -0.328. The van der Waals surface area contributed by atoms with Gasteiger partial charge in [-0.3, -0.25) is 4.79 Å². The van der Waals surface area contributed by atoms with Gasteiger partial charge in [0.2, 0.25) is 0 Å². The van der Waals surface area contributed by atoms with Crippen molar-refractivity contribution in [2.75, 3.05) is 0 Å². The van der Waals surface area contributed by atoms with Crippen molar-refractivity contribution in [3.05, 3.63) is 59.7 Å². The molecule has 19 heavy (non-hydrogen) atoms. The number of hydrogen-bond donors (Lipinski definition) is 0. The van der Waals surface area contributed by atoms with Gasteiger partial charge < -0.3 is 0 Å². The van der Waals surface area contributed by atoms with E-state index in [1.165, 1.54) is 11.1 Å². The summed E-state index contributed by atoms with van der Waals surface area (Å²) in [5.74, 6) is 0.183. The first-order chi connectivity index (χ1) is 8.88. The van der Waals surface area contributed by atoms with E-state index in [4.69, 9.17) is 0 Å². The summed E-state index contributed by atoms with van der Waals surface area (Å²) in [6.45, 7) is 7.92. The van der Waals surface area contributed by atoms with E-state index in [1.807, 2.05) is 45.0 Å². The summed E-state index contributed by atoms with van der Waals surface area (Å²) in [5, 5.41) is 0. The smallest absolute Gasteiger partial charge is 0.168 e. The van der Waals surface area contributed by atoms with Gasteiger partial charge in [-0.05, 0) is 18.1 Å². The molecule has 98 valence electrons.